The van der Waals surface area contributed by atoms with Crippen LogP contribution in [-0.2, 0) is 15.4 Å². The molecule has 0 aliphatic heterocycles. The average Bonchev–Trinajstić information content (AvgIpc) is 2.37. The van der Waals surface area contributed by atoms with Gasteiger partial charge in [-0.3, -0.25) is 4.72 Å². The minimum Gasteiger partial charge on any atom is -0.280 e. The second kappa shape index (κ2) is 5.70. The summed E-state index contributed by atoms with van der Waals surface area (Å²) in [5.41, 5.74) is 1.52. The Morgan fingerprint density at radius 2 is 1.62 bits per heavy atom. The highest BCUT2D eigenvalue weighted by Crippen LogP contribution is 2.24. The van der Waals surface area contributed by atoms with Crippen LogP contribution in [0.5, 0.6) is 0 Å². The zero-order valence-corrected chi connectivity index (χ0v) is 13.8. The number of benzene rings is 2. The molecule has 0 atom stereocenters. The Morgan fingerprint density at radius 3 is 2.14 bits per heavy atom. The van der Waals surface area contributed by atoms with Crippen molar-refractivity contribution in [2.24, 2.45) is 0 Å². The molecule has 2 aromatic carbocycles. The molecule has 0 aliphatic carbocycles. The van der Waals surface area contributed by atoms with E-state index in [9.17, 15) is 8.42 Å². The van der Waals surface area contributed by atoms with E-state index in [2.05, 4.69) is 25.5 Å². The van der Waals surface area contributed by atoms with E-state index in [4.69, 9.17) is 11.6 Å². The summed E-state index contributed by atoms with van der Waals surface area (Å²) in [5, 5.41) is 0.485. The lowest BCUT2D eigenvalue weighted by molar-refractivity contribution is 0.587. The highest BCUT2D eigenvalue weighted by atomic mass is 35.5. The van der Waals surface area contributed by atoms with Crippen LogP contribution < -0.4 is 4.72 Å². The number of sulfonamides is 1. The Labute approximate surface area is 131 Å². The van der Waals surface area contributed by atoms with E-state index in [1.54, 1.807) is 36.4 Å². The standard InChI is InChI=1S/C16H18ClNO2S/c1-16(2,3)12-7-9-15(10-8-12)21(19,20)18-14-6-4-5-13(17)11-14/h4-11,18H,1-3H3. The first kappa shape index (κ1) is 15.9. The minimum absolute atomic E-state index is 0.0112. The summed E-state index contributed by atoms with van der Waals surface area (Å²) in [4.78, 5) is 0.232. The average molecular weight is 324 g/mol. The van der Waals surface area contributed by atoms with E-state index in [-0.39, 0.29) is 10.3 Å². The maximum absolute atomic E-state index is 12.3. The van der Waals surface area contributed by atoms with Gasteiger partial charge in [0, 0.05) is 5.02 Å². The van der Waals surface area contributed by atoms with Crippen LogP contribution in [0.2, 0.25) is 5.02 Å². The number of halogens is 1. The second-order valence-electron chi connectivity index (χ2n) is 5.89. The molecule has 0 heterocycles. The Hall–Kier alpha value is -1.52. The van der Waals surface area contributed by atoms with Crippen molar-refractivity contribution >= 4 is 27.3 Å². The second-order valence-corrected chi connectivity index (χ2v) is 8.01. The first-order chi connectivity index (χ1) is 9.68. The summed E-state index contributed by atoms with van der Waals surface area (Å²) >= 11 is 5.86. The Kier molecular flexibility index (Phi) is 4.30. The molecule has 3 nitrogen and oxygen atoms in total. The predicted octanol–water partition coefficient (Wildman–Crippen LogP) is 4.44. The number of hydrogen-bond donors (Lipinski definition) is 1. The van der Waals surface area contributed by atoms with Crippen molar-refractivity contribution in [3.63, 3.8) is 0 Å². The number of hydrogen-bond acceptors (Lipinski definition) is 2. The number of anilines is 1. The molecule has 0 radical (unpaired) electrons. The molecule has 0 aliphatic rings. The van der Waals surface area contributed by atoms with Crippen LogP contribution in [0.1, 0.15) is 26.3 Å². The zero-order chi connectivity index (χ0) is 15.7. The maximum Gasteiger partial charge on any atom is 0.261 e. The topological polar surface area (TPSA) is 46.2 Å². The number of nitrogens with one attached hydrogen (secondary N) is 1. The van der Waals surface area contributed by atoms with E-state index in [1.165, 1.54) is 0 Å². The minimum atomic E-state index is -3.60. The normalized spacial score (nSPS) is 12.2. The molecule has 0 bridgehead atoms. The lowest BCUT2D eigenvalue weighted by Gasteiger charge is -2.19. The summed E-state index contributed by atoms with van der Waals surface area (Å²) < 4.78 is 27.2. The highest BCUT2D eigenvalue weighted by Gasteiger charge is 2.17. The van der Waals surface area contributed by atoms with Gasteiger partial charge in [-0.05, 0) is 41.3 Å². The van der Waals surface area contributed by atoms with Crippen LogP contribution in [0.4, 0.5) is 5.69 Å². The van der Waals surface area contributed by atoms with Crippen molar-refractivity contribution in [2.75, 3.05) is 4.72 Å². The van der Waals surface area contributed by atoms with Crippen molar-refractivity contribution in [1.29, 1.82) is 0 Å². The van der Waals surface area contributed by atoms with E-state index < -0.39 is 10.0 Å². The Bertz CT molecular complexity index is 732. The molecule has 2 aromatic rings. The van der Waals surface area contributed by atoms with Crippen LogP contribution in [0.15, 0.2) is 53.4 Å². The van der Waals surface area contributed by atoms with Crippen LogP contribution in [0.25, 0.3) is 0 Å². The van der Waals surface area contributed by atoms with Crippen molar-refractivity contribution < 1.29 is 8.42 Å². The van der Waals surface area contributed by atoms with Crippen molar-refractivity contribution in [3.8, 4) is 0 Å². The summed E-state index contributed by atoms with van der Waals surface area (Å²) in [6.45, 7) is 6.25. The third-order valence-electron chi connectivity index (χ3n) is 3.11. The quantitative estimate of drug-likeness (QED) is 0.907. The van der Waals surface area contributed by atoms with Gasteiger partial charge in [0.25, 0.3) is 10.0 Å². The van der Waals surface area contributed by atoms with E-state index in [0.717, 1.165) is 5.56 Å². The molecule has 0 saturated heterocycles. The monoisotopic (exact) mass is 323 g/mol. The lowest BCUT2D eigenvalue weighted by atomic mass is 9.87. The van der Waals surface area contributed by atoms with Crippen molar-refractivity contribution in [2.45, 2.75) is 31.1 Å². The molecule has 0 aromatic heterocycles. The molecule has 2 rings (SSSR count). The summed E-state index contributed by atoms with van der Waals surface area (Å²) in [6.07, 6.45) is 0. The van der Waals surface area contributed by atoms with Gasteiger partial charge in [-0.15, -0.1) is 0 Å². The smallest absolute Gasteiger partial charge is 0.261 e. The van der Waals surface area contributed by atoms with Gasteiger partial charge in [-0.25, -0.2) is 8.42 Å². The molecular formula is C16H18ClNO2S. The first-order valence-electron chi connectivity index (χ1n) is 6.57. The lowest BCUT2D eigenvalue weighted by Crippen LogP contribution is -2.14. The first-order valence-corrected chi connectivity index (χ1v) is 8.43. The molecular weight excluding hydrogens is 306 g/mol. The molecule has 21 heavy (non-hydrogen) atoms. The van der Waals surface area contributed by atoms with Gasteiger partial charge >= 0.3 is 0 Å². The van der Waals surface area contributed by atoms with Gasteiger partial charge < -0.3 is 0 Å². The molecule has 112 valence electrons. The highest BCUT2D eigenvalue weighted by molar-refractivity contribution is 7.92. The molecule has 0 saturated carbocycles. The molecule has 0 spiro atoms. The maximum atomic E-state index is 12.3. The van der Waals surface area contributed by atoms with Gasteiger partial charge in [0.05, 0.1) is 10.6 Å². The van der Waals surface area contributed by atoms with Gasteiger partial charge in [0.1, 0.15) is 0 Å². The third kappa shape index (κ3) is 3.99. The van der Waals surface area contributed by atoms with E-state index in [1.807, 2.05) is 12.1 Å². The number of rotatable bonds is 3. The van der Waals surface area contributed by atoms with E-state index >= 15 is 0 Å². The van der Waals surface area contributed by atoms with Gasteiger partial charge in [0.15, 0.2) is 0 Å². The van der Waals surface area contributed by atoms with Gasteiger partial charge in [-0.2, -0.15) is 0 Å². The zero-order valence-electron chi connectivity index (χ0n) is 12.2. The van der Waals surface area contributed by atoms with Gasteiger partial charge in [0.2, 0.25) is 0 Å². The van der Waals surface area contributed by atoms with E-state index in [0.29, 0.717) is 10.7 Å². The largest absolute Gasteiger partial charge is 0.280 e. The SMILES string of the molecule is CC(C)(C)c1ccc(S(=O)(=O)Nc2cccc(Cl)c2)cc1. The molecule has 0 amide bonds. The molecule has 0 fully saturated rings. The van der Waals surface area contributed by atoms with Crippen LogP contribution >= 0.6 is 11.6 Å². The third-order valence-corrected chi connectivity index (χ3v) is 4.74. The van der Waals surface area contributed by atoms with Crippen LogP contribution in [0, 0.1) is 0 Å². The fourth-order valence-electron chi connectivity index (χ4n) is 1.90. The predicted molar refractivity (Wildman–Crippen MR) is 87.4 cm³/mol. The van der Waals surface area contributed by atoms with Gasteiger partial charge in [-0.1, -0.05) is 50.6 Å². The van der Waals surface area contributed by atoms with Crippen LogP contribution in [0.3, 0.4) is 0 Å². The fraction of sp³-hybridized carbons (Fsp3) is 0.250. The summed E-state index contributed by atoms with van der Waals surface area (Å²) in [7, 11) is -3.60. The van der Waals surface area contributed by atoms with Crippen molar-refractivity contribution in [3.05, 3.63) is 59.1 Å². The van der Waals surface area contributed by atoms with Crippen LogP contribution in [-0.4, -0.2) is 8.42 Å². The molecule has 5 heteroatoms. The fourth-order valence-corrected chi connectivity index (χ4v) is 3.14. The molecule has 1 N–H and O–H groups in total. The van der Waals surface area contributed by atoms with Crippen molar-refractivity contribution in [1.82, 2.24) is 0 Å². The Balaban J connectivity index is 2.28. The Morgan fingerprint density at radius 1 is 1.00 bits per heavy atom. The molecule has 0 unspecified atom stereocenters. The summed E-state index contributed by atoms with van der Waals surface area (Å²) in [5.74, 6) is 0. The summed E-state index contributed by atoms with van der Waals surface area (Å²) in [6, 6.07) is 13.5.